The summed E-state index contributed by atoms with van der Waals surface area (Å²) in [5, 5.41) is 0. The fourth-order valence-electron chi connectivity index (χ4n) is 2.94. The van der Waals surface area contributed by atoms with Gasteiger partial charge in [0.15, 0.2) is 4.32 Å². The number of thioether (sulfide) groups is 1. The normalized spacial score (nSPS) is 19.6. The minimum Gasteiger partial charge on any atom is -0.311 e. The SMILES string of the molecule is CN1C(=O)/C(=C2\SC(=S)N(c3ccc(Br)cc3)C2=O)c2cc(Br)ccc21. The molecule has 0 aliphatic carbocycles. The third kappa shape index (κ3) is 2.76. The van der Waals surface area contributed by atoms with Gasteiger partial charge in [-0.25, -0.2) is 0 Å². The number of carbonyl (C=O) groups excluding carboxylic acids is 2. The molecule has 26 heavy (non-hydrogen) atoms. The number of halogens is 2. The van der Waals surface area contributed by atoms with Crippen LogP contribution in [0.15, 0.2) is 56.3 Å². The van der Waals surface area contributed by atoms with Crippen molar-refractivity contribution in [3.8, 4) is 0 Å². The Bertz CT molecular complexity index is 1020. The number of benzene rings is 2. The molecule has 1 saturated heterocycles. The first kappa shape index (κ1) is 17.9. The number of likely N-dealkylation sites (N-methyl/N-ethyl adjacent to an activating group) is 1. The maximum Gasteiger partial charge on any atom is 0.271 e. The monoisotopic (exact) mass is 508 g/mol. The van der Waals surface area contributed by atoms with Crippen molar-refractivity contribution in [2.75, 3.05) is 16.8 Å². The van der Waals surface area contributed by atoms with E-state index in [0.717, 1.165) is 20.2 Å². The predicted octanol–water partition coefficient (Wildman–Crippen LogP) is 4.96. The second kappa shape index (κ2) is 6.60. The summed E-state index contributed by atoms with van der Waals surface area (Å²) in [4.78, 5) is 29.3. The van der Waals surface area contributed by atoms with E-state index in [1.54, 1.807) is 11.9 Å². The number of hydrogen-bond donors (Lipinski definition) is 0. The van der Waals surface area contributed by atoms with E-state index >= 15 is 0 Å². The summed E-state index contributed by atoms with van der Waals surface area (Å²) in [6.45, 7) is 0. The van der Waals surface area contributed by atoms with Crippen LogP contribution in [0.3, 0.4) is 0 Å². The van der Waals surface area contributed by atoms with Crippen molar-refractivity contribution in [1.82, 2.24) is 0 Å². The number of nitrogens with zero attached hydrogens (tertiary/aromatic N) is 2. The minimum absolute atomic E-state index is 0.200. The van der Waals surface area contributed by atoms with Crippen molar-refractivity contribution in [1.29, 1.82) is 0 Å². The second-order valence-corrected chi connectivity index (χ2v) is 9.19. The van der Waals surface area contributed by atoms with Crippen molar-refractivity contribution >= 4 is 88.9 Å². The van der Waals surface area contributed by atoms with Crippen LogP contribution in [0.25, 0.3) is 5.57 Å². The zero-order valence-corrected chi connectivity index (χ0v) is 18.1. The Balaban J connectivity index is 1.85. The Morgan fingerprint density at radius 2 is 1.62 bits per heavy atom. The van der Waals surface area contributed by atoms with Gasteiger partial charge in [-0.1, -0.05) is 55.8 Å². The molecule has 130 valence electrons. The van der Waals surface area contributed by atoms with Crippen LogP contribution in [0.5, 0.6) is 0 Å². The van der Waals surface area contributed by atoms with E-state index < -0.39 is 0 Å². The van der Waals surface area contributed by atoms with Crippen LogP contribution >= 0.6 is 55.8 Å². The van der Waals surface area contributed by atoms with Crippen molar-refractivity contribution in [2.45, 2.75) is 0 Å². The number of anilines is 2. The highest BCUT2D eigenvalue weighted by molar-refractivity contribution is 9.10. The van der Waals surface area contributed by atoms with E-state index in [-0.39, 0.29) is 11.8 Å². The van der Waals surface area contributed by atoms with E-state index in [4.69, 9.17) is 12.2 Å². The van der Waals surface area contributed by atoms with Gasteiger partial charge >= 0.3 is 0 Å². The Morgan fingerprint density at radius 1 is 0.962 bits per heavy atom. The molecule has 0 N–H and O–H groups in total. The van der Waals surface area contributed by atoms with E-state index in [9.17, 15) is 9.59 Å². The zero-order valence-electron chi connectivity index (χ0n) is 13.3. The molecule has 2 aromatic rings. The van der Waals surface area contributed by atoms with Gasteiger partial charge in [0.2, 0.25) is 0 Å². The van der Waals surface area contributed by atoms with Gasteiger partial charge in [0.25, 0.3) is 11.8 Å². The summed E-state index contributed by atoms with van der Waals surface area (Å²) < 4.78 is 2.18. The third-order valence-electron chi connectivity index (χ3n) is 4.19. The van der Waals surface area contributed by atoms with Gasteiger partial charge in [0.1, 0.15) is 0 Å². The summed E-state index contributed by atoms with van der Waals surface area (Å²) in [6.07, 6.45) is 0. The summed E-state index contributed by atoms with van der Waals surface area (Å²) in [6, 6.07) is 12.9. The Hall–Kier alpha value is -1.48. The molecule has 4 rings (SSSR count). The Morgan fingerprint density at radius 3 is 2.31 bits per heavy atom. The maximum atomic E-state index is 13.1. The molecule has 2 amide bonds. The van der Waals surface area contributed by atoms with Crippen LogP contribution in [0.2, 0.25) is 0 Å². The standard InChI is InChI=1S/C18H10Br2N2O2S2/c1-21-13-7-4-10(20)8-12(13)14(16(21)23)15-17(24)22(18(25)26-15)11-5-2-9(19)3-6-11/h2-8H,1H3/b15-14-. The Labute approximate surface area is 176 Å². The van der Waals surface area contributed by atoms with Gasteiger partial charge in [0, 0.05) is 21.6 Å². The first-order chi connectivity index (χ1) is 12.4. The lowest BCUT2D eigenvalue weighted by molar-refractivity contribution is -0.115. The molecule has 0 aromatic heterocycles. The number of amides is 2. The van der Waals surface area contributed by atoms with Crippen LogP contribution in [0.4, 0.5) is 11.4 Å². The largest absolute Gasteiger partial charge is 0.311 e. The number of hydrogen-bond acceptors (Lipinski definition) is 4. The fraction of sp³-hybridized carbons (Fsp3) is 0.0556. The molecule has 0 atom stereocenters. The smallest absolute Gasteiger partial charge is 0.271 e. The molecule has 2 aliphatic heterocycles. The molecule has 8 heteroatoms. The van der Waals surface area contributed by atoms with Gasteiger partial charge in [0.05, 0.1) is 21.9 Å². The first-order valence-electron chi connectivity index (χ1n) is 7.52. The van der Waals surface area contributed by atoms with Crippen molar-refractivity contribution in [3.05, 3.63) is 61.9 Å². The topological polar surface area (TPSA) is 40.6 Å². The molecule has 4 nitrogen and oxygen atoms in total. The van der Waals surface area contributed by atoms with Gasteiger partial charge < -0.3 is 4.90 Å². The third-order valence-corrected chi connectivity index (χ3v) is 6.58. The maximum absolute atomic E-state index is 13.1. The summed E-state index contributed by atoms with van der Waals surface area (Å²) >= 11 is 13.4. The molecule has 0 radical (unpaired) electrons. The highest BCUT2D eigenvalue weighted by Gasteiger charge is 2.41. The summed E-state index contributed by atoms with van der Waals surface area (Å²) in [5.41, 5.74) is 2.60. The second-order valence-electron chi connectivity index (χ2n) is 5.71. The average molecular weight is 510 g/mol. The number of thiocarbonyl (C=S) groups is 1. The number of rotatable bonds is 1. The van der Waals surface area contributed by atoms with E-state index in [0.29, 0.717) is 20.5 Å². The van der Waals surface area contributed by atoms with Crippen molar-refractivity contribution < 1.29 is 9.59 Å². The van der Waals surface area contributed by atoms with Crippen LogP contribution in [-0.2, 0) is 9.59 Å². The van der Waals surface area contributed by atoms with E-state index in [1.807, 2.05) is 42.5 Å². The van der Waals surface area contributed by atoms with Crippen LogP contribution in [0, 0.1) is 0 Å². The summed E-state index contributed by atoms with van der Waals surface area (Å²) in [7, 11) is 1.71. The number of fused-ring (bicyclic) bond motifs is 1. The highest BCUT2D eigenvalue weighted by atomic mass is 79.9. The molecular formula is C18H10Br2N2O2S2. The minimum atomic E-state index is -0.271. The molecule has 1 fully saturated rings. The molecule has 0 bridgehead atoms. The van der Waals surface area contributed by atoms with Gasteiger partial charge in [-0.15, -0.1) is 0 Å². The quantitative estimate of drug-likeness (QED) is 0.402. The van der Waals surface area contributed by atoms with Crippen LogP contribution < -0.4 is 9.80 Å². The van der Waals surface area contributed by atoms with Crippen LogP contribution in [0.1, 0.15) is 5.56 Å². The number of carbonyl (C=O) groups is 2. The van der Waals surface area contributed by atoms with Crippen LogP contribution in [-0.4, -0.2) is 23.2 Å². The molecule has 2 aliphatic rings. The van der Waals surface area contributed by atoms with Gasteiger partial charge in [-0.2, -0.15) is 0 Å². The molecule has 2 aromatic carbocycles. The molecule has 0 unspecified atom stereocenters. The highest BCUT2D eigenvalue weighted by Crippen LogP contribution is 2.45. The summed E-state index contributed by atoms with van der Waals surface area (Å²) in [5.74, 6) is -0.471. The average Bonchev–Trinajstić information content (AvgIpc) is 3.02. The predicted molar refractivity (Wildman–Crippen MR) is 116 cm³/mol. The fourth-order valence-corrected chi connectivity index (χ4v) is 4.94. The first-order valence-corrected chi connectivity index (χ1v) is 10.3. The molecular weight excluding hydrogens is 500 g/mol. The van der Waals surface area contributed by atoms with E-state index in [2.05, 4.69) is 31.9 Å². The van der Waals surface area contributed by atoms with E-state index in [1.165, 1.54) is 16.7 Å². The lowest BCUT2D eigenvalue weighted by Crippen LogP contribution is -2.28. The lowest BCUT2D eigenvalue weighted by Gasteiger charge is -2.14. The molecule has 0 saturated carbocycles. The van der Waals surface area contributed by atoms with Gasteiger partial charge in [-0.05, 0) is 42.5 Å². The van der Waals surface area contributed by atoms with Crippen molar-refractivity contribution in [3.63, 3.8) is 0 Å². The molecule has 0 spiro atoms. The zero-order chi connectivity index (χ0) is 18.6. The molecule has 2 heterocycles. The van der Waals surface area contributed by atoms with Gasteiger partial charge in [-0.3, -0.25) is 14.5 Å². The van der Waals surface area contributed by atoms with Crippen molar-refractivity contribution in [2.24, 2.45) is 0 Å². The lowest BCUT2D eigenvalue weighted by atomic mass is 10.1. The Kier molecular flexibility index (Phi) is 4.54.